The molecule has 1 saturated heterocycles. The lowest BCUT2D eigenvalue weighted by molar-refractivity contribution is -0.118. The first-order chi connectivity index (χ1) is 8.16. The fourth-order valence-corrected chi connectivity index (χ4v) is 1.92. The number of nitrogens with zero attached hydrogens (tertiary/aromatic N) is 1. The molecule has 5 heteroatoms. The second kappa shape index (κ2) is 5.14. The zero-order chi connectivity index (χ0) is 12.3. The summed E-state index contributed by atoms with van der Waals surface area (Å²) in [5, 5.41) is 15.4. The van der Waals surface area contributed by atoms with Gasteiger partial charge in [-0.05, 0) is 38.4 Å². The van der Waals surface area contributed by atoms with Gasteiger partial charge in [0.25, 0.3) is 0 Å². The first kappa shape index (κ1) is 11.9. The Morgan fingerprint density at radius 3 is 3.06 bits per heavy atom. The molecule has 1 aliphatic heterocycles. The Kier molecular flexibility index (Phi) is 3.58. The van der Waals surface area contributed by atoms with E-state index in [-0.39, 0.29) is 23.5 Å². The van der Waals surface area contributed by atoms with Gasteiger partial charge in [0.1, 0.15) is 0 Å². The predicted octanol–water partition coefficient (Wildman–Crippen LogP) is 1.18. The molecule has 0 radical (unpaired) electrons. The van der Waals surface area contributed by atoms with Crippen molar-refractivity contribution in [2.45, 2.75) is 32.2 Å². The van der Waals surface area contributed by atoms with Gasteiger partial charge in [-0.2, -0.15) is 0 Å². The standard InChI is InChI=1S/C12H17N3O2/c1-8-5-6-10(16)11(14-8)15-12(17)9-4-2-3-7-13-9/h5-6,9,13,16H,2-4,7H2,1H3,(H,14,15,17)/t9-/m1/s1. The predicted molar refractivity (Wildman–Crippen MR) is 64.9 cm³/mol. The number of carbonyl (C=O) groups is 1. The van der Waals surface area contributed by atoms with Crippen LogP contribution in [0.4, 0.5) is 5.82 Å². The Hall–Kier alpha value is -1.62. The summed E-state index contributed by atoms with van der Waals surface area (Å²) in [7, 11) is 0. The van der Waals surface area contributed by atoms with E-state index in [0.717, 1.165) is 31.5 Å². The first-order valence-electron chi connectivity index (χ1n) is 5.87. The smallest absolute Gasteiger partial charge is 0.242 e. The van der Waals surface area contributed by atoms with Crippen LogP contribution < -0.4 is 10.6 Å². The van der Waals surface area contributed by atoms with E-state index >= 15 is 0 Å². The fourth-order valence-electron chi connectivity index (χ4n) is 1.92. The molecule has 92 valence electrons. The van der Waals surface area contributed by atoms with Crippen molar-refractivity contribution in [3.63, 3.8) is 0 Å². The monoisotopic (exact) mass is 235 g/mol. The zero-order valence-electron chi connectivity index (χ0n) is 9.86. The molecule has 0 unspecified atom stereocenters. The zero-order valence-corrected chi connectivity index (χ0v) is 9.86. The highest BCUT2D eigenvalue weighted by molar-refractivity contribution is 5.95. The summed E-state index contributed by atoms with van der Waals surface area (Å²) >= 11 is 0. The lowest BCUT2D eigenvalue weighted by Gasteiger charge is -2.22. The number of pyridine rings is 1. The van der Waals surface area contributed by atoms with Crippen LogP contribution in [0, 0.1) is 6.92 Å². The van der Waals surface area contributed by atoms with Gasteiger partial charge in [0.2, 0.25) is 5.91 Å². The summed E-state index contributed by atoms with van der Waals surface area (Å²) in [6, 6.07) is 3.06. The summed E-state index contributed by atoms with van der Waals surface area (Å²) in [5.74, 6) is 0.111. The van der Waals surface area contributed by atoms with E-state index in [1.807, 2.05) is 6.92 Å². The highest BCUT2D eigenvalue weighted by atomic mass is 16.3. The van der Waals surface area contributed by atoms with Crippen LogP contribution in [0.2, 0.25) is 0 Å². The number of aromatic hydroxyl groups is 1. The molecule has 0 saturated carbocycles. The molecule has 17 heavy (non-hydrogen) atoms. The van der Waals surface area contributed by atoms with Crippen molar-refractivity contribution in [1.29, 1.82) is 0 Å². The van der Waals surface area contributed by atoms with Gasteiger partial charge in [-0.3, -0.25) is 4.79 Å². The maximum Gasteiger partial charge on any atom is 0.242 e. The normalized spacial score (nSPS) is 19.9. The molecule has 5 nitrogen and oxygen atoms in total. The summed E-state index contributed by atoms with van der Waals surface area (Å²) in [6.45, 7) is 2.68. The van der Waals surface area contributed by atoms with Crippen LogP contribution >= 0.6 is 0 Å². The summed E-state index contributed by atoms with van der Waals surface area (Å²) < 4.78 is 0. The van der Waals surface area contributed by atoms with Crippen LogP contribution in [0.5, 0.6) is 5.75 Å². The number of nitrogens with one attached hydrogen (secondary N) is 2. The average Bonchev–Trinajstić information content (AvgIpc) is 2.35. The van der Waals surface area contributed by atoms with E-state index in [0.29, 0.717) is 0 Å². The molecule has 0 aromatic carbocycles. The molecule has 0 aliphatic carbocycles. The minimum absolute atomic E-state index is 0.000223. The molecule has 1 aromatic rings. The van der Waals surface area contributed by atoms with Crippen LogP contribution in [0.3, 0.4) is 0 Å². The third-order valence-electron chi connectivity index (χ3n) is 2.88. The van der Waals surface area contributed by atoms with Crippen LogP contribution in [0.1, 0.15) is 25.0 Å². The Bertz CT molecular complexity index is 414. The van der Waals surface area contributed by atoms with Crippen molar-refractivity contribution in [2.24, 2.45) is 0 Å². The van der Waals surface area contributed by atoms with Gasteiger partial charge in [0.05, 0.1) is 6.04 Å². The topological polar surface area (TPSA) is 74.2 Å². The number of rotatable bonds is 2. The summed E-state index contributed by atoms with van der Waals surface area (Å²) in [4.78, 5) is 16.0. The van der Waals surface area contributed by atoms with Crippen molar-refractivity contribution in [1.82, 2.24) is 10.3 Å². The van der Waals surface area contributed by atoms with Crippen LogP contribution in [0.25, 0.3) is 0 Å². The van der Waals surface area contributed by atoms with Gasteiger partial charge in [-0.1, -0.05) is 6.42 Å². The summed E-state index contributed by atoms with van der Waals surface area (Å²) in [5.41, 5.74) is 0.759. The third-order valence-corrected chi connectivity index (χ3v) is 2.88. The molecule has 2 heterocycles. The number of aromatic nitrogens is 1. The number of anilines is 1. The molecule has 0 spiro atoms. The van der Waals surface area contributed by atoms with Crippen molar-refractivity contribution < 1.29 is 9.90 Å². The van der Waals surface area contributed by atoms with Crippen molar-refractivity contribution in [2.75, 3.05) is 11.9 Å². The van der Waals surface area contributed by atoms with E-state index < -0.39 is 0 Å². The number of piperidine rings is 1. The van der Waals surface area contributed by atoms with E-state index in [1.54, 1.807) is 6.07 Å². The van der Waals surface area contributed by atoms with Crippen molar-refractivity contribution >= 4 is 11.7 Å². The average molecular weight is 235 g/mol. The minimum atomic E-state index is -0.175. The molecule has 1 amide bonds. The van der Waals surface area contributed by atoms with E-state index in [9.17, 15) is 9.90 Å². The second-order valence-corrected chi connectivity index (χ2v) is 4.31. The van der Waals surface area contributed by atoms with E-state index in [1.165, 1.54) is 6.07 Å². The van der Waals surface area contributed by atoms with Gasteiger partial charge < -0.3 is 15.7 Å². The lowest BCUT2D eigenvalue weighted by atomic mass is 10.0. The minimum Gasteiger partial charge on any atom is -0.504 e. The largest absolute Gasteiger partial charge is 0.504 e. The Morgan fingerprint density at radius 1 is 1.53 bits per heavy atom. The number of carbonyl (C=O) groups excluding carboxylic acids is 1. The van der Waals surface area contributed by atoms with Crippen molar-refractivity contribution in [3.05, 3.63) is 17.8 Å². The molecular formula is C12H17N3O2. The molecule has 1 fully saturated rings. The number of amides is 1. The molecule has 1 atom stereocenters. The highest BCUT2D eigenvalue weighted by Gasteiger charge is 2.21. The van der Waals surface area contributed by atoms with E-state index in [2.05, 4.69) is 15.6 Å². The Labute approximate surface area is 100 Å². The fraction of sp³-hybridized carbons (Fsp3) is 0.500. The number of hydrogen-bond acceptors (Lipinski definition) is 4. The van der Waals surface area contributed by atoms with Gasteiger partial charge in [0, 0.05) is 5.69 Å². The Balaban J connectivity index is 2.04. The first-order valence-corrected chi connectivity index (χ1v) is 5.87. The Morgan fingerprint density at radius 2 is 2.35 bits per heavy atom. The van der Waals surface area contributed by atoms with Gasteiger partial charge in [0.15, 0.2) is 11.6 Å². The lowest BCUT2D eigenvalue weighted by Crippen LogP contribution is -2.43. The highest BCUT2D eigenvalue weighted by Crippen LogP contribution is 2.20. The van der Waals surface area contributed by atoms with Crippen molar-refractivity contribution in [3.8, 4) is 5.75 Å². The third kappa shape index (κ3) is 2.94. The van der Waals surface area contributed by atoms with Gasteiger partial charge in [-0.25, -0.2) is 4.98 Å². The molecule has 3 N–H and O–H groups in total. The molecule has 2 rings (SSSR count). The quantitative estimate of drug-likeness (QED) is 0.719. The maximum atomic E-state index is 11.9. The second-order valence-electron chi connectivity index (χ2n) is 4.31. The number of hydrogen-bond donors (Lipinski definition) is 3. The van der Waals surface area contributed by atoms with Gasteiger partial charge >= 0.3 is 0 Å². The van der Waals surface area contributed by atoms with E-state index in [4.69, 9.17) is 0 Å². The molecule has 1 aliphatic rings. The molecule has 0 bridgehead atoms. The summed E-state index contributed by atoms with van der Waals surface area (Å²) in [6.07, 6.45) is 2.99. The van der Waals surface area contributed by atoms with Crippen LogP contribution in [-0.4, -0.2) is 28.6 Å². The van der Waals surface area contributed by atoms with Crippen LogP contribution in [0.15, 0.2) is 12.1 Å². The molecular weight excluding hydrogens is 218 g/mol. The maximum absolute atomic E-state index is 11.9. The van der Waals surface area contributed by atoms with Gasteiger partial charge in [-0.15, -0.1) is 0 Å². The number of aryl methyl sites for hydroxylation is 1. The SMILES string of the molecule is Cc1ccc(O)c(NC(=O)[C@H]2CCCCN2)n1. The van der Waals surface area contributed by atoms with Crippen LogP contribution in [-0.2, 0) is 4.79 Å². The molecule has 1 aromatic heterocycles.